The zero-order chi connectivity index (χ0) is 20.3. The van der Waals surface area contributed by atoms with Crippen LogP contribution in [0.3, 0.4) is 0 Å². The van der Waals surface area contributed by atoms with Gasteiger partial charge in [-0.05, 0) is 61.3 Å². The normalized spacial score (nSPS) is 41.9. The van der Waals surface area contributed by atoms with E-state index in [0.29, 0.717) is 24.7 Å². The van der Waals surface area contributed by atoms with Gasteiger partial charge in [0.15, 0.2) is 18.2 Å². The lowest BCUT2D eigenvalue weighted by Gasteiger charge is -2.59. The largest absolute Gasteiger partial charge is 0.457 e. The van der Waals surface area contributed by atoms with Gasteiger partial charge in [-0.1, -0.05) is 25.5 Å². The average molecular weight is 386 g/mol. The Morgan fingerprint density at radius 2 is 2.00 bits per heavy atom. The first kappa shape index (κ1) is 19.6. The maximum absolute atomic E-state index is 12.7. The minimum atomic E-state index is -0.504. The van der Waals surface area contributed by atoms with Gasteiger partial charge in [-0.25, -0.2) is 0 Å². The predicted molar refractivity (Wildman–Crippen MR) is 103 cm³/mol. The maximum Gasteiger partial charge on any atom is 0.303 e. The van der Waals surface area contributed by atoms with Crippen molar-refractivity contribution in [2.24, 2.45) is 28.6 Å². The maximum atomic E-state index is 12.7. The quantitative estimate of drug-likeness (QED) is 0.754. The number of carbonyl (C=O) groups excluding carboxylic acids is 3. The molecular formula is C23H30O5. The standard InChI is InChI=1S/C23H30O5/c1-13(24)28-12-20(27)18-7-6-17-16-5-4-14-10-15(25)8-9-22(14,2)21(16)19(26)11-23(17,18)3/h7,10,16-17,19,21,26H,4-6,8-9,11-12H2,1-3H3/t16-,17-,19-,21?,22-,23-/m0/s1. The van der Waals surface area contributed by atoms with Gasteiger partial charge in [0.25, 0.3) is 0 Å². The van der Waals surface area contributed by atoms with Crippen molar-refractivity contribution in [1.29, 1.82) is 0 Å². The number of aliphatic hydroxyl groups excluding tert-OH is 1. The van der Waals surface area contributed by atoms with Crippen molar-refractivity contribution in [3.63, 3.8) is 0 Å². The molecule has 4 aliphatic rings. The molecule has 0 radical (unpaired) electrons. The number of rotatable bonds is 3. The SMILES string of the molecule is CC(=O)OCC(=O)C1=CC[C@H]2[C@@H]3CCC4=CC(=O)CC[C@]4(C)C3[C@@H](O)C[C@]12C. The highest BCUT2D eigenvalue weighted by atomic mass is 16.5. The number of ether oxygens (including phenoxy) is 1. The molecule has 0 aromatic rings. The molecule has 0 amide bonds. The third kappa shape index (κ3) is 2.81. The summed E-state index contributed by atoms with van der Waals surface area (Å²) >= 11 is 0. The van der Waals surface area contributed by atoms with Crippen LogP contribution in [-0.4, -0.2) is 35.4 Å². The Bertz CT molecular complexity index is 793. The van der Waals surface area contributed by atoms with Crippen LogP contribution in [0.2, 0.25) is 0 Å². The molecule has 0 saturated heterocycles. The number of Topliss-reactive ketones (excluding diaryl/α,β-unsaturated/α-hetero) is 1. The molecule has 0 bridgehead atoms. The Kier molecular flexibility index (Phi) is 4.65. The van der Waals surface area contributed by atoms with Crippen LogP contribution in [0.25, 0.3) is 0 Å². The van der Waals surface area contributed by atoms with Crippen LogP contribution in [0.1, 0.15) is 59.3 Å². The molecule has 6 atom stereocenters. The van der Waals surface area contributed by atoms with E-state index in [2.05, 4.69) is 13.8 Å². The van der Waals surface area contributed by atoms with Crippen LogP contribution < -0.4 is 0 Å². The van der Waals surface area contributed by atoms with E-state index in [0.717, 1.165) is 31.3 Å². The molecule has 152 valence electrons. The number of hydrogen-bond acceptors (Lipinski definition) is 5. The summed E-state index contributed by atoms with van der Waals surface area (Å²) in [5.41, 5.74) is 1.44. The summed E-state index contributed by atoms with van der Waals surface area (Å²) in [5, 5.41) is 11.3. The molecule has 1 N–H and O–H groups in total. The van der Waals surface area contributed by atoms with Crippen molar-refractivity contribution in [2.45, 2.75) is 65.4 Å². The zero-order valence-electron chi connectivity index (χ0n) is 17.0. The van der Waals surface area contributed by atoms with Gasteiger partial charge in [-0.2, -0.15) is 0 Å². The molecular weight excluding hydrogens is 356 g/mol. The van der Waals surface area contributed by atoms with Crippen LogP contribution >= 0.6 is 0 Å². The summed E-state index contributed by atoms with van der Waals surface area (Å²) in [6.07, 6.45) is 7.96. The monoisotopic (exact) mass is 386 g/mol. The summed E-state index contributed by atoms with van der Waals surface area (Å²) in [7, 11) is 0. The number of aliphatic hydroxyl groups is 1. The lowest BCUT2D eigenvalue weighted by molar-refractivity contribution is -0.146. The molecule has 4 aliphatic carbocycles. The van der Waals surface area contributed by atoms with Gasteiger partial charge in [0.2, 0.25) is 0 Å². The van der Waals surface area contributed by atoms with E-state index in [1.165, 1.54) is 12.5 Å². The smallest absolute Gasteiger partial charge is 0.303 e. The van der Waals surface area contributed by atoms with Crippen LogP contribution in [0.5, 0.6) is 0 Å². The number of allylic oxidation sites excluding steroid dienone is 3. The number of ketones is 2. The molecule has 5 heteroatoms. The predicted octanol–water partition coefficient (Wildman–Crippen LogP) is 3.16. The lowest BCUT2D eigenvalue weighted by Crippen LogP contribution is -2.56. The number of esters is 1. The lowest BCUT2D eigenvalue weighted by atomic mass is 9.46. The number of fused-ring (bicyclic) bond motifs is 5. The van der Waals surface area contributed by atoms with Crippen LogP contribution in [0.4, 0.5) is 0 Å². The van der Waals surface area contributed by atoms with E-state index in [4.69, 9.17) is 4.74 Å². The Labute approximate surface area is 166 Å². The van der Waals surface area contributed by atoms with E-state index in [1.807, 2.05) is 12.2 Å². The van der Waals surface area contributed by atoms with Gasteiger partial charge in [0, 0.05) is 24.3 Å². The highest BCUT2D eigenvalue weighted by molar-refractivity contribution is 5.99. The molecule has 0 heterocycles. The van der Waals surface area contributed by atoms with Crippen molar-refractivity contribution in [3.05, 3.63) is 23.3 Å². The van der Waals surface area contributed by atoms with Crippen LogP contribution in [-0.2, 0) is 19.1 Å². The van der Waals surface area contributed by atoms with Crippen molar-refractivity contribution in [3.8, 4) is 0 Å². The van der Waals surface area contributed by atoms with Gasteiger partial charge >= 0.3 is 5.97 Å². The van der Waals surface area contributed by atoms with Crippen molar-refractivity contribution < 1.29 is 24.2 Å². The molecule has 0 spiro atoms. The van der Waals surface area contributed by atoms with E-state index < -0.39 is 12.1 Å². The van der Waals surface area contributed by atoms with Gasteiger partial charge in [-0.3, -0.25) is 14.4 Å². The summed E-state index contributed by atoms with van der Waals surface area (Å²) in [5.74, 6) is 0.394. The van der Waals surface area contributed by atoms with Crippen molar-refractivity contribution >= 4 is 17.5 Å². The second kappa shape index (κ2) is 6.65. The van der Waals surface area contributed by atoms with Gasteiger partial charge in [-0.15, -0.1) is 0 Å². The fourth-order valence-corrected chi connectivity index (χ4v) is 6.93. The summed E-state index contributed by atoms with van der Waals surface area (Å²) in [6, 6.07) is 0. The zero-order valence-corrected chi connectivity index (χ0v) is 17.0. The average Bonchev–Trinajstić information content (AvgIpc) is 2.96. The van der Waals surface area contributed by atoms with Gasteiger partial charge in [0.05, 0.1) is 6.10 Å². The highest BCUT2D eigenvalue weighted by Crippen LogP contribution is 2.65. The Hall–Kier alpha value is -1.75. The topological polar surface area (TPSA) is 80.7 Å². The second-order valence-corrected chi connectivity index (χ2v) is 9.63. The van der Waals surface area contributed by atoms with E-state index >= 15 is 0 Å². The van der Waals surface area contributed by atoms with Crippen molar-refractivity contribution in [1.82, 2.24) is 0 Å². The summed E-state index contributed by atoms with van der Waals surface area (Å²) < 4.78 is 4.94. The van der Waals surface area contributed by atoms with Crippen LogP contribution in [0, 0.1) is 28.6 Å². The molecule has 2 fully saturated rings. The fourth-order valence-electron chi connectivity index (χ4n) is 6.93. The minimum Gasteiger partial charge on any atom is -0.457 e. The Morgan fingerprint density at radius 3 is 2.71 bits per heavy atom. The van der Waals surface area contributed by atoms with Crippen LogP contribution in [0.15, 0.2) is 23.3 Å². The summed E-state index contributed by atoms with van der Waals surface area (Å²) in [6.45, 7) is 5.40. The number of hydrogen-bond donors (Lipinski definition) is 1. The molecule has 2 saturated carbocycles. The molecule has 4 rings (SSSR count). The minimum absolute atomic E-state index is 0.123. The molecule has 28 heavy (non-hydrogen) atoms. The molecule has 0 aromatic carbocycles. The second-order valence-electron chi connectivity index (χ2n) is 9.63. The third-order valence-corrected chi connectivity index (χ3v) is 8.18. The van der Waals surface area contributed by atoms with Gasteiger partial charge in [0.1, 0.15) is 0 Å². The fraction of sp³-hybridized carbons (Fsp3) is 0.696. The molecule has 1 unspecified atom stereocenters. The molecule has 5 nitrogen and oxygen atoms in total. The van der Waals surface area contributed by atoms with E-state index in [9.17, 15) is 19.5 Å². The van der Waals surface area contributed by atoms with E-state index in [1.54, 1.807) is 0 Å². The Balaban J connectivity index is 1.62. The van der Waals surface area contributed by atoms with Gasteiger partial charge < -0.3 is 9.84 Å². The molecule has 0 aliphatic heterocycles. The first-order valence-corrected chi connectivity index (χ1v) is 10.5. The first-order valence-electron chi connectivity index (χ1n) is 10.5. The van der Waals surface area contributed by atoms with Crippen molar-refractivity contribution in [2.75, 3.05) is 6.61 Å². The molecule has 0 aromatic heterocycles. The number of carbonyl (C=O) groups is 3. The highest BCUT2D eigenvalue weighted by Gasteiger charge is 2.60. The summed E-state index contributed by atoms with van der Waals surface area (Å²) in [4.78, 5) is 35.8. The van der Waals surface area contributed by atoms with E-state index in [-0.39, 0.29) is 34.9 Å². The third-order valence-electron chi connectivity index (χ3n) is 8.18. The first-order chi connectivity index (χ1) is 13.2. The Morgan fingerprint density at radius 1 is 1.25 bits per heavy atom.